The number of ether oxygens (including phenoxy) is 2. The molecule has 0 aromatic carbocycles. The first-order valence-corrected chi connectivity index (χ1v) is 22.0. The quantitative estimate of drug-likeness (QED) is 0.0487. The zero-order chi connectivity index (χ0) is 34.5. The van der Waals surface area contributed by atoms with Crippen LogP contribution >= 0.6 is 7.82 Å². The molecule has 0 aliphatic carbocycles. The van der Waals surface area contributed by atoms with Gasteiger partial charge < -0.3 is 20.1 Å². The number of phosphoric acid groups is 1. The highest BCUT2D eigenvalue weighted by Gasteiger charge is 2.24. The highest BCUT2D eigenvalue weighted by atomic mass is 31.2. The molecular formula is C39H82NO6P. The van der Waals surface area contributed by atoms with Gasteiger partial charge in [-0.25, -0.2) is 4.57 Å². The molecule has 0 amide bonds. The van der Waals surface area contributed by atoms with Gasteiger partial charge in [0, 0.05) is 19.3 Å². The fraction of sp³-hybridized carbons (Fsp3) is 1.00. The van der Waals surface area contributed by atoms with Crippen molar-refractivity contribution in [2.45, 2.75) is 219 Å². The number of rotatable bonds is 40. The van der Waals surface area contributed by atoms with E-state index in [1.165, 1.54) is 161 Å². The normalized spacial score (nSPS) is 14.4. The highest BCUT2D eigenvalue weighted by Crippen LogP contribution is 2.43. The summed E-state index contributed by atoms with van der Waals surface area (Å²) < 4.78 is 34.6. The summed E-state index contributed by atoms with van der Waals surface area (Å²) in [6.45, 7) is 8.05. The Balaban J connectivity index is 4.03. The summed E-state index contributed by atoms with van der Waals surface area (Å²) in [6.07, 6.45) is 37.3. The fourth-order valence-electron chi connectivity index (χ4n) is 5.83. The summed E-state index contributed by atoms with van der Waals surface area (Å²) in [6, 6.07) is -0.292. The maximum atomic E-state index is 12.3. The van der Waals surface area contributed by atoms with Crippen LogP contribution in [0.3, 0.4) is 0 Å². The number of hydrogen-bond acceptors (Lipinski definition) is 6. The van der Waals surface area contributed by atoms with Gasteiger partial charge in [0.2, 0.25) is 0 Å². The van der Waals surface area contributed by atoms with Crippen LogP contribution in [-0.4, -0.2) is 50.1 Å². The summed E-state index contributed by atoms with van der Waals surface area (Å²) in [4.78, 5) is 10.1. The second-order valence-corrected chi connectivity index (χ2v) is 15.4. The van der Waals surface area contributed by atoms with Gasteiger partial charge in [-0.15, -0.1) is 0 Å². The van der Waals surface area contributed by atoms with E-state index in [0.717, 1.165) is 19.3 Å². The molecule has 0 fully saturated rings. The Morgan fingerprint density at radius 2 is 0.830 bits per heavy atom. The molecule has 0 aromatic heterocycles. The van der Waals surface area contributed by atoms with E-state index in [1.54, 1.807) is 0 Å². The summed E-state index contributed by atoms with van der Waals surface area (Å²) >= 11 is 0. The Labute approximate surface area is 293 Å². The summed E-state index contributed by atoms with van der Waals surface area (Å²) in [7, 11) is -4.18. The van der Waals surface area contributed by atoms with Crippen LogP contribution in [0.5, 0.6) is 0 Å². The van der Waals surface area contributed by atoms with Crippen LogP contribution in [0.1, 0.15) is 207 Å². The molecule has 0 aromatic rings. The molecule has 284 valence electrons. The zero-order valence-electron chi connectivity index (χ0n) is 31.7. The molecule has 47 heavy (non-hydrogen) atoms. The van der Waals surface area contributed by atoms with Crippen molar-refractivity contribution in [3.63, 3.8) is 0 Å². The van der Waals surface area contributed by atoms with E-state index in [0.29, 0.717) is 26.2 Å². The van der Waals surface area contributed by atoms with Crippen molar-refractivity contribution in [3.8, 4) is 0 Å². The van der Waals surface area contributed by atoms with Gasteiger partial charge in [0.25, 0.3) is 0 Å². The fourth-order valence-corrected chi connectivity index (χ4v) is 6.64. The Bertz CT molecular complexity index is 655. The zero-order valence-corrected chi connectivity index (χ0v) is 32.6. The number of phosphoric ester groups is 1. The van der Waals surface area contributed by atoms with Crippen LogP contribution in [0.25, 0.3) is 0 Å². The molecular weight excluding hydrogens is 609 g/mol. The molecule has 2 unspecified atom stereocenters. The SMILES string of the molecule is CCCCCCCCCCCCCCCCOC[C@H](COP(=O)(O)OCC(N)CC)OCCCCCCCCCCCCCCCC. The van der Waals surface area contributed by atoms with Gasteiger partial charge in [-0.05, 0) is 19.3 Å². The number of nitrogens with two attached hydrogens (primary N) is 1. The Hall–Kier alpha value is -0.0100. The smallest absolute Gasteiger partial charge is 0.379 e. The molecule has 0 heterocycles. The first-order valence-electron chi connectivity index (χ1n) is 20.5. The molecule has 0 bridgehead atoms. The van der Waals surface area contributed by atoms with Gasteiger partial charge >= 0.3 is 7.82 Å². The minimum atomic E-state index is -4.18. The molecule has 7 nitrogen and oxygen atoms in total. The van der Waals surface area contributed by atoms with Gasteiger partial charge in [0.15, 0.2) is 0 Å². The molecule has 0 aliphatic rings. The van der Waals surface area contributed by atoms with Gasteiger partial charge in [-0.3, -0.25) is 9.05 Å². The first-order chi connectivity index (χ1) is 22.9. The lowest BCUT2D eigenvalue weighted by Crippen LogP contribution is -2.27. The van der Waals surface area contributed by atoms with Gasteiger partial charge in [-0.1, -0.05) is 188 Å². The first kappa shape index (κ1) is 47.0. The van der Waals surface area contributed by atoms with Crippen LogP contribution < -0.4 is 5.73 Å². The largest absolute Gasteiger partial charge is 0.472 e. The lowest BCUT2D eigenvalue weighted by molar-refractivity contribution is -0.0445. The van der Waals surface area contributed by atoms with Crippen LogP contribution in [0.15, 0.2) is 0 Å². The van der Waals surface area contributed by atoms with Crippen molar-refractivity contribution in [1.82, 2.24) is 0 Å². The molecule has 3 atom stereocenters. The minimum Gasteiger partial charge on any atom is -0.379 e. The van der Waals surface area contributed by atoms with Crippen molar-refractivity contribution < 1.29 is 28.0 Å². The molecule has 0 rings (SSSR count). The van der Waals surface area contributed by atoms with Gasteiger partial charge in [0.05, 0.1) is 19.8 Å². The lowest BCUT2D eigenvalue weighted by Gasteiger charge is -2.20. The predicted octanol–water partition coefficient (Wildman–Crippen LogP) is 12.2. The van der Waals surface area contributed by atoms with Crippen molar-refractivity contribution in [1.29, 1.82) is 0 Å². The van der Waals surface area contributed by atoms with Crippen LogP contribution in [0.4, 0.5) is 0 Å². The van der Waals surface area contributed by atoms with Crippen LogP contribution in [0.2, 0.25) is 0 Å². The summed E-state index contributed by atoms with van der Waals surface area (Å²) in [5, 5.41) is 0. The third-order valence-corrected chi connectivity index (χ3v) is 10.1. The van der Waals surface area contributed by atoms with Gasteiger partial charge in [0.1, 0.15) is 6.10 Å². The Morgan fingerprint density at radius 3 is 1.21 bits per heavy atom. The molecule has 3 N–H and O–H groups in total. The maximum Gasteiger partial charge on any atom is 0.472 e. The summed E-state index contributed by atoms with van der Waals surface area (Å²) in [5.74, 6) is 0. The van der Waals surface area contributed by atoms with E-state index < -0.39 is 13.9 Å². The molecule has 0 saturated heterocycles. The summed E-state index contributed by atoms with van der Waals surface area (Å²) in [5.41, 5.74) is 5.82. The van der Waals surface area contributed by atoms with Gasteiger partial charge in [-0.2, -0.15) is 0 Å². The standard InChI is InChI=1S/C39H82NO6P/c1-4-7-9-11-13-15-17-19-21-23-25-27-29-31-33-43-36-39(37-46-47(41,42)45-35-38(40)6-3)44-34-32-30-28-26-24-22-20-18-16-14-12-10-8-5-2/h38-39H,4-37,40H2,1-3H3,(H,41,42)/t38?,39-/m1/s1. The highest BCUT2D eigenvalue weighted by molar-refractivity contribution is 7.47. The Morgan fingerprint density at radius 1 is 0.489 bits per heavy atom. The number of hydrogen-bond donors (Lipinski definition) is 2. The van der Waals surface area contributed by atoms with E-state index >= 15 is 0 Å². The predicted molar refractivity (Wildman–Crippen MR) is 201 cm³/mol. The maximum absolute atomic E-state index is 12.3. The molecule has 0 radical (unpaired) electrons. The van der Waals surface area contributed by atoms with E-state index in [1.807, 2.05) is 6.92 Å². The van der Waals surface area contributed by atoms with E-state index in [9.17, 15) is 9.46 Å². The molecule has 0 spiro atoms. The third-order valence-electron chi connectivity index (χ3n) is 9.20. The Kier molecular flexibility index (Phi) is 37.2. The molecule has 0 saturated carbocycles. The topological polar surface area (TPSA) is 100 Å². The average molecular weight is 692 g/mol. The van der Waals surface area contributed by atoms with Crippen molar-refractivity contribution >= 4 is 7.82 Å². The second-order valence-electron chi connectivity index (χ2n) is 14.0. The van der Waals surface area contributed by atoms with Crippen LogP contribution in [0, 0.1) is 0 Å². The van der Waals surface area contributed by atoms with E-state index in [2.05, 4.69) is 13.8 Å². The average Bonchev–Trinajstić information content (AvgIpc) is 3.07. The monoisotopic (exact) mass is 692 g/mol. The minimum absolute atomic E-state index is 0.00945. The number of unbranched alkanes of at least 4 members (excludes halogenated alkanes) is 26. The lowest BCUT2D eigenvalue weighted by atomic mass is 10.0. The van der Waals surface area contributed by atoms with E-state index in [-0.39, 0.29) is 19.3 Å². The second kappa shape index (κ2) is 37.3. The van der Waals surface area contributed by atoms with Crippen molar-refractivity contribution in [2.24, 2.45) is 5.73 Å². The van der Waals surface area contributed by atoms with Crippen molar-refractivity contribution in [2.75, 3.05) is 33.0 Å². The molecule has 0 aliphatic heterocycles. The third kappa shape index (κ3) is 37.1. The van der Waals surface area contributed by atoms with Crippen molar-refractivity contribution in [3.05, 3.63) is 0 Å². The van der Waals surface area contributed by atoms with E-state index in [4.69, 9.17) is 24.3 Å². The van der Waals surface area contributed by atoms with Crippen LogP contribution in [-0.2, 0) is 23.1 Å². The molecule has 8 heteroatoms.